The van der Waals surface area contributed by atoms with Crippen LogP contribution in [0.3, 0.4) is 0 Å². The van der Waals surface area contributed by atoms with Gasteiger partial charge < -0.3 is 64.4 Å². The number of hydrogen-bond acceptors (Lipinski definition) is 13. The summed E-state index contributed by atoms with van der Waals surface area (Å²) >= 11 is 8.45. The minimum atomic E-state index is -1.40. The number of primary amides is 1. The maximum atomic E-state index is 14.7. The van der Waals surface area contributed by atoms with E-state index in [4.69, 9.17) is 17.2 Å². The van der Waals surface area contributed by atoms with Gasteiger partial charge in [-0.3, -0.25) is 43.3 Å². The Morgan fingerprint density at radius 3 is 1.97 bits per heavy atom. The summed E-state index contributed by atoms with van der Waals surface area (Å²) in [4.78, 5) is 139. The molecule has 0 spiro atoms. The molecule has 2 aliphatic rings. The van der Waals surface area contributed by atoms with E-state index in [0.29, 0.717) is 24.1 Å². The number of fused-ring (bicyclic) bond motifs is 1. The lowest BCUT2D eigenvalue weighted by Gasteiger charge is -2.28. The number of imidazole rings is 1. The van der Waals surface area contributed by atoms with Gasteiger partial charge in [-0.15, -0.1) is 0 Å². The molecule has 0 radical (unpaired) electrons. The van der Waals surface area contributed by atoms with Gasteiger partial charge in [0, 0.05) is 59.9 Å². The van der Waals surface area contributed by atoms with E-state index in [-0.39, 0.29) is 62.0 Å². The van der Waals surface area contributed by atoms with Gasteiger partial charge in [-0.1, -0.05) is 80.6 Å². The van der Waals surface area contributed by atoms with Crippen molar-refractivity contribution in [1.29, 1.82) is 0 Å². The molecular weight excluding hydrogens is 1040 g/mol. The van der Waals surface area contributed by atoms with Crippen molar-refractivity contribution in [2.24, 2.45) is 28.1 Å². The lowest BCUT2D eigenvalue weighted by Crippen LogP contribution is -2.60. The molecule has 78 heavy (non-hydrogen) atoms. The summed E-state index contributed by atoms with van der Waals surface area (Å²) in [5, 5.41) is 19.7. The van der Waals surface area contributed by atoms with E-state index >= 15 is 0 Å². The first-order valence-electron chi connectivity index (χ1n) is 26.0. The predicted octanol–water partition coefficient (Wildman–Crippen LogP) is -0.104. The standard InChI is InChI=1S/C52H71N15O9S2/c1-29(60-49(74)42(27-78)67-50(75)40(66-52(67)76)22-31-13-6-3-7-14-31)44(69)63-39(23-33-25-56-28-59-33)48(73)64-38(21-30-11-4-2-5-12-30)47(72)61-36(17-10-20-57-51(54)55)45(70)62-37(46(71)65-41(26-77)43(53)68)19-18-32-24-58-35-16-9-8-15-34(32)35/h2,4-5,8-9,11-12,15-16,24-25,28-29,31,36-42,58,77-78H,3,6-7,10,13-14,17-23,26-27H2,1H3,(H2,53,68)(H,56,59)(H,60,74)(H,61,72)(H,62,70)(H,63,69)(H,64,73)(H,65,71)(H,66,76)(H4,54,55,57). The first-order chi connectivity index (χ1) is 37.5. The van der Waals surface area contributed by atoms with E-state index in [1.165, 1.54) is 19.4 Å². The van der Waals surface area contributed by atoms with Crippen LogP contribution in [0.5, 0.6) is 0 Å². The summed E-state index contributed by atoms with van der Waals surface area (Å²) in [7, 11) is 0. The van der Waals surface area contributed by atoms with Gasteiger partial charge in [0.15, 0.2) is 5.96 Å². The first-order valence-corrected chi connectivity index (χ1v) is 27.3. The van der Waals surface area contributed by atoms with Gasteiger partial charge in [0.2, 0.25) is 41.4 Å². The molecule has 1 saturated carbocycles. The minimum Gasteiger partial charge on any atom is -0.370 e. The van der Waals surface area contributed by atoms with E-state index in [1.54, 1.807) is 36.5 Å². The van der Waals surface area contributed by atoms with Gasteiger partial charge in [0.1, 0.15) is 48.3 Å². The number of hydrogen-bond donors (Lipinski definition) is 14. The Morgan fingerprint density at radius 2 is 1.33 bits per heavy atom. The zero-order valence-electron chi connectivity index (χ0n) is 43.4. The number of rotatable bonds is 29. The van der Waals surface area contributed by atoms with Gasteiger partial charge in [0.25, 0.3) is 5.91 Å². The maximum Gasteiger partial charge on any atom is 0.325 e. The molecule has 10 amide bonds. The summed E-state index contributed by atoms with van der Waals surface area (Å²) in [6.45, 7) is 1.43. The fourth-order valence-corrected chi connectivity index (χ4v) is 10.2. The molecule has 1 saturated heterocycles. The Bertz CT molecular complexity index is 2750. The van der Waals surface area contributed by atoms with Gasteiger partial charge in [-0.25, -0.2) is 14.7 Å². The van der Waals surface area contributed by atoms with E-state index in [2.05, 4.69) is 82.4 Å². The highest BCUT2D eigenvalue weighted by Gasteiger charge is 2.45. The average Bonchev–Trinajstić information content (AvgIpc) is 4.18. The monoisotopic (exact) mass is 1110 g/mol. The molecule has 1 aliphatic heterocycles. The number of aliphatic imine (C=N–C) groups is 1. The number of aromatic nitrogens is 3. The van der Waals surface area contributed by atoms with Gasteiger partial charge in [0.05, 0.1) is 6.33 Å². The highest BCUT2D eigenvalue weighted by atomic mass is 32.1. The molecule has 15 N–H and O–H groups in total. The number of aryl methyl sites for hydroxylation is 1. The molecule has 3 heterocycles. The number of nitrogens with one attached hydrogen (secondary N) is 9. The van der Waals surface area contributed by atoms with Crippen LogP contribution in [-0.4, -0.2) is 145 Å². The molecule has 6 rings (SSSR count). The third-order valence-electron chi connectivity index (χ3n) is 13.8. The number of nitrogens with zero attached hydrogens (tertiary/aromatic N) is 3. The maximum absolute atomic E-state index is 14.7. The van der Waals surface area contributed by atoms with E-state index in [1.807, 2.05) is 24.3 Å². The number of urea groups is 1. The number of thiol groups is 2. The number of guanidine groups is 1. The minimum absolute atomic E-state index is 0.0501. The molecule has 4 aromatic rings. The molecule has 26 heteroatoms. The molecule has 8 unspecified atom stereocenters. The fraction of sp³-hybridized carbons (Fsp3) is 0.481. The summed E-state index contributed by atoms with van der Waals surface area (Å²) in [5.74, 6) is -6.49. The van der Waals surface area contributed by atoms with Crippen LogP contribution in [-0.2, 0) is 57.6 Å². The zero-order valence-corrected chi connectivity index (χ0v) is 45.2. The van der Waals surface area contributed by atoms with Crippen molar-refractivity contribution < 1.29 is 43.2 Å². The van der Waals surface area contributed by atoms with Crippen LogP contribution in [0.15, 0.2) is 78.3 Å². The van der Waals surface area contributed by atoms with E-state index < -0.39 is 102 Å². The topological polar surface area (TPSA) is 376 Å². The molecule has 420 valence electrons. The van der Waals surface area contributed by atoms with Gasteiger partial charge in [-0.2, -0.15) is 25.3 Å². The summed E-state index contributed by atoms with van der Waals surface area (Å²) in [6.07, 6.45) is 10.4. The molecule has 0 bridgehead atoms. The Labute approximate surface area is 462 Å². The highest BCUT2D eigenvalue weighted by Crippen LogP contribution is 2.29. The highest BCUT2D eigenvalue weighted by molar-refractivity contribution is 7.80. The number of imide groups is 1. The number of aromatic amines is 2. The summed E-state index contributed by atoms with van der Waals surface area (Å²) in [5.41, 5.74) is 19.4. The molecule has 2 fully saturated rings. The Hall–Kier alpha value is -7.61. The van der Waals surface area contributed by atoms with Crippen LogP contribution >= 0.6 is 25.3 Å². The van der Waals surface area contributed by atoms with Crippen molar-refractivity contribution in [3.8, 4) is 0 Å². The van der Waals surface area contributed by atoms with Crippen molar-refractivity contribution in [2.75, 3.05) is 18.1 Å². The lowest BCUT2D eigenvalue weighted by atomic mass is 9.85. The van der Waals surface area contributed by atoms with Crippen LogP contribution in [0, 0.1) is 5.92 Å². The number of nitrogens with two attached hydrogens (primary N) is 3. The summed E-state index contributed by atoms with van der Waals surface area (Å²) in [6, 6.07) is 5.51. The number of carbonyl (C=O) groups is 9. The molecule has 2 aromatic heterocycles. The molecule has 24 nitrogen and oxygen atoms in total. The smallest absolute Gasteiger partial charge is 0.325 e. The Balaban J connectivity index is 1.19. The first kappa shape index (κ1) is 59.6. The normalized spacial score (nSPS) is 17.3. The second-order valence-electron chi connectivity index (χ2n) is 19.6. The molecule has 8 atom stereocenters. The second kappa shape index (κ2) is 29.2. The predicted molar refractivity (Wildman–Crippen MR) is 297 cm³/mol. The second-order valence-corrected chi connectivity index (χ2v) is 20.3. The van der Waals surface area contributed by atoms with Crippen molar-refractivity contribution >= 4 is 95.4 Å². The third-order valence-corrected chi connectivity index (χ3v) is 14.6. The number of amides is 10. The Morgan fingerprint density at radius 1 is 0.718 bits per heavy atom. The fourth-order valence-electron chi connectivity index (χ4n) is 9.57. The van der Waals surface area contributed by atoms with Gasteiger partial charge >= 0.3 is 6.03 Å². The zero-order chi connectivity index (χ0) is 56.3. The number of para-hydroxylation sites is 1. The lowest BCUT2D eigenvalue weighted by molar-refractivity contribution is -0.137. The number of benzene rings is 2. The largest absolute Gasteiger partial charge is 0.370 e. The van der Waals surface area contributed by atoms with Crippen molar-refractivity contribution in [3.63, 3.8) is 0 Å². The van der Waals surface area contributed by atoms with Crippen LogP contribution in [0.25, 0.3) is 10.9 Å². The van der Waals surface area contributed by atoms with Crippen molar-refractivity contribution in [2.45, 2.75) is 132 Å². The summed E-state index contributed by atoms with van der Waals surface area (Å²) < 4.78 is 0. The number of carbonyl (C=O) groups excluding carboxylic acids is 9. The van der Waals surface area contributed by atoms with Gasteiger partial charge in [-0.05, 0) is 62.1 Å². The van der Waals surface area contributed by atoms with Crippen molar-refractivity contribution in [1.82, 2.24) is 57.1 Å². The average molecular weight is 1110 g/mol. The van der Waals surface area contributed by atoms with Crippen LogP contribution in [0.2, 0.25) is 0 Å². The van der Waals surface area contributed by atoms with Crippen LogP contribution in [0.1, 0.15) is 81.5 Å². The SMILES string of the molecule is CC(NC(=O)C(CS)N1C(=O)NC(CC2CCCCC2)C1=O)C(=O)NC(Cc1cnc[nH]1)C(=O)NC(Cc1ccccc1)C(=O)NC(CCCN=C(N)N)C(=O)NC(CCc1c[nH]c2ccccc12)C(=O)NC(CS)C(N)=O. The molecule has 2 aromatic carbocycles. The van der Waals surface area contributed by atoms with E-state index in [9.17, 15) is 43.2 Å². The Kier molecular flexibility index (Phi) is 22.3. The molecular formula is C52H71N15O9S2. The molecule has 1 aliphatic carbocycles. The van der Waals surface area contributed by atoms with Crippen LogP contribution in [0.4, 0.5) is 4.79 Å². The number of H-pyrrole nitrogens is 2. The quantitative estimate of drug-likeness (QED) is 0.0111. The third kappa shape index (κ3) is 16.9. The van der Waals surface area contributed by atoms with Crippen molar-refractivity contribution in [3.05, 3.63) is 90.1 Å². The van der Waals surface area contributed by atoms with E-state index in [0.717, 1.165) is 53.5 Å². The van der Waals surface area contributed by atoms with Crippen LogP contribution < -0.4 is 54.4 Å².